The van der Waals surface area contributed by atoms with E-state index in [1.165, 1.54) is 0 Å². The first-order valence-corrected chi connectivity index (χ1v) is 4.68. The van der Waals surface area contributed by atoms with Crippen molar-refractivity contribution in [1.29, 1.82) is 0 Å². The molecule has 2 atom stereocenters. The molecule has 0 aliphatic rings. The van der Waals surface area contributed by atoms with E-state index in [2.05, 4.69) is 10.2 Å². The Kier molecular flexibility index (Phi) is 2.59. The number of fused-ring (bicyclic) bond motifs is 1. The van der Waals surface area contributed by atoms with E-state index in [0.717, 1.165) is 5.39 Å². The zero-order chi connectivity index (χ0) is 11.7. The van der Waals surface area contributed by atoms with Gasteiger partial charge in [0.2, 0.25) is 5.91 Å². The topological polar surface area (TPSA) is 112 Å². The van der Waals surface area contributed by atoms with E-state index in [4.69, 9.17) is 5.73 Å². The molecule has 6 nitrogen and oxygen atoms in total. The van der Waals surface area contributed by atoms with Crippen molar-refractivity contribution in [2.75, 3.05) is 0 Å². The second kappa shape index (κ2) is 3.92. The van der Waals surface area contributed by atoms with Gasteiger partial charge in [0.25, 0.3) is 0 Å². The summed E-state index contributed by atoms with van der Waals surface area (Å²) >= 11 is 0. The van der Waals surface area contributed by atoms with Gasteiger partial charge in [-0.05, 0) is 0 Å². The number of aliphatic hydroxyl groups is 2. The fraction of sp³-hybridized carbons (Fsp3) is 0.200. The minimum atomic E-state index is -1.63. The molecule has 2 rings (SSSR count). The Morgan fingerprint density at radius 3 is 2.88 bits per heavy atom. The van der Waals surface area contributed by atoms with Gasteiger partial charge in [-0.15, -0.1) is 0 Å². The molecule has 84 valence electrons. The summed E-state index contributed by atoms with van der Waals surface area (Å²) < 4.78 is 0. The normalized spacial score (nSPS) is 14.9. The predicted octanol–water partition coefficient (Wildman–Crippen LogP) is -0.558. The number of amides is 1. The third-order valence-electron chi connectivity index (χ3n) is 2.42. The highest BCUT2D eigenvalue weighted by Gasteiger charge is 2.25. The summed E-state index contributed by atoms with van der Waals surface area (Å²) in [5.74, 6) is -0.969. The molecule has 0 fully saturated rings. The van der Waals surface area contributed by atoms with Crippen LogP contribution < -0.4 is 5.73 Å². The van der Waals surface area contributed by atoms with Crippen molar-refractivity contribution < 1.29 is 15.0 Å². The van der Waals surface area contributed by atoms with Gasteiger partial charge >= 0.3 is 0 Å². The fourth-order valence-corrected chi connectivity index (χ4v) is 1.56. The molecule has 0 bridgehead atoms. The minimum Gasteiger partial charge on any atom is -0.385 e. The van der Waals surface area contributed by atoms with Crippen LogP contribution in [0.3, 0.4) is 0 Å². The summed E-state index contributed by atoms with van der Waals surface area (Å²) in [6, 6.07) is 5.09. The summed E-state index contributed by atoms with van der Waals surface area (Å²) in [5, 5.41) is 26.5. The number of carbonyl (C=O) groups is 1. The molecule has 1 amide bonds. The Morgan fingerprint density at radius 1 is 1.44 bits per heavy atom. The van der Waals surface area contributed by atoms with Crippen LogP contribution in [0.4, 0.5) is 0 Å². The van der Waals surface area contributed by atoms with E-state index in [9.17, 15) is 15.0 Å². The van der Waals surface area contributed by atoms with E-state index in [1.807, 2.05) is 0 Å². The van der Waals surface area contributed by atoms with Gasteiger partial charge in [0.1, 0.15) is 6.10 Å². The highest BCUT2D eigenvalue weighted by Crippen LogP contribution is 2.24. The second-order valence-electron chi connectivity index (χ2n) is 3.47. The number of primary amides is 1. The van der Waals surface area contributed by atoms with Crippen molar-refractivity contribution in [2.45, 2.75) is 12.2 Å². The maximum absolute atomic E-state index is 10.8. The molecule has 2 unspecified atom stereocenters. The number of para-hydroxylation sites is 1. The third-order valence-corrected chi connectivity index (χ3v) is 2.42. The molecule has 0 aliphatic heterocycles. The molecule has 1 aromatic carbocycles. The van der Waals surface area contributed by atoms with Crippen LogP contribution in [-0.2, 0) is 4.79 Å². The summed E-state index contributed by atoms with van der Waals surface area (Å²) in [5.41, 5.74) is 5.89. The lowest BCUT2D eigenvalue weighted by atomic mass is 10.0. The van der Waals surface area contributed by atoms with Crippen LogP contribution >= 0.6 is 0 Å². The van der Waals surface area contributed by atoms with Gasteiger partial charge in [0.05, 0.1) is 11.7 Å². The lowest BCUT2D eigenvalue weighted by Gasteiger charge is -2.15. The first-order chi connectivity index (χ1) is 7.61. The number of H-pyrrole nitrogens is 1. The Hall–Kier alpha value is -1.92. The summed E-state index contributed by atoms with van der Waals surface area (Å²) in [6.45, 7) is 0. The van der Waals surface area contributed by atoms with Crippen LogP contribution in [-0.4, -0.2) is 32.4 Å². The number of rotatable bonds is 3. The van der Waals surface area contributed by atoms with Crippen LogP contribution in [0.2, 0.25) is 0 Å². The van der Waals surface area contributed by atoms with E-state index in [0.29, 0.717) is 11.1 Å². The van der Waals surface area contributed by atoms with E-state index < -0.39 is 18.1 Å². The Morgan fingerprint density at radius 2 is 2.19 bits per heavy atom. The second-order valence-corrected chi connectivity index (χ2v) is 3.47. The first-order valence-electron chi connectivity index (χ1n) is 4.68. The first kappa shape index (κ1) is 10.6. The number of nitrogens with zero attached hydrogens (tertiary/aromatic N) is 1. The number of hydrogen-bond donors (Lipinski definition) is 4. The van der Waals surface area contributed by atoms with E-state index >= 15 is 0 Å². The number of carbonyl (C=O) groups excluding carboxylic acids is 1. The summed E-state index contributed by atoms with van der Waals surface area (Å²) in [7, 11) is 0. The molecular weight excluding hydrogens is 210 g/mol. The lowest BCUT2D eigenvalue weighted by molar-refractivity contribution is -0.131. The molecule has 0 radical (unpaired) electrons. The van der Waals surface area contributed by atoms with Crippen LogP contribution in [0.25, 0.3) is 10.9 Å². The molecule has 1 aromatic heterocycles. The lowest BCUT2D eigenvalue weighted by Crippen LogP contribution is -2.33. The molecule has 0 aliphatic carbocycles. The summed E-state index contributed by atoms with van der Waals surface area (Å²) in [4.78, 5) is 10.8. The molecule has 16 heavy (non-hydrogen) atoms. The van der Waals surface area contributed by atoms with Gasteiger partial charge in [-0.1, -0.05) is 18.2 Å². The number of aromatic amines is 1. The minimum absolute atomic E-state index is 0.390. The Balaban J connectivity index is 2.46. The van der Waals surface area contributed by atoms with Gasteiger partial charge < -0.3 is 15.9 Å². The van der Waals surface area contributed by atoms with Gasteiger partial charge in [-0.25, -0.2) is 0 Å². The van der Waals surface area contributed by atoms with Crippen molar-refractivity contribution in [3.05, 3.63) is 30.0 Å². The van der Waals surface area contributed by atoms with Gasteiger partial charge in [-0.3, -0.25) is 9.89 Å². The van der Waals surface area contributed by atoms with Crippen LogP contribution in [0.1, 0.15) is 11.7 Å². The Bertz CT molecular complexity index is 523. The quantitative estimate of drug-likeness (QED) is 0.556. The fourth-order valence-electron chi connectivity index (χ4n) is 1.56. The SMILES string of the molecule is NC(=O)C(O)C(O)c1cccc2cn[nH]c12. The number of benzene rings is 1. The molecule has 0 saturated carbocycles. The smallest absolute Gasteiger partial charge is 0.249 e. The average Bonchev–Trinajstić information content (AvgIpc) is 2.74. The number of aromatic nitrogens is 2. The van der Waals surface area contributed by atoms with Crippen molar-refractivity contribution in [2.24, 2.45) is 5.73 Å². The third kappa shape index (κ3) is 1.64. The molecule has 1 heterocycles. The zero-order valence-corrected chi connectivity index (χ0v) is 8.29. The van der Waals surface area contributed by atoms with Crippen molar-refractivity contribution in [3.63, 3.8) is 0 Å². The van der Waals surface area contributed by atoms with Crippen LogP contribution in [0.5, 0.6) is 0 Å². The standard InChI is InChI=1S/C10H11N3O3/c11-10(16)9(15)8(14)6-3-1-2-5-4-12-13-7(5)6/h1-4,8-9,14-15H,(H2,11,16)(H,12,13). The van der Waals surface area contributed by atoms with Crippen molar-refractivity contribution in [3.8, 4) is 0 Å². The van der Waals surface area contributed by atoms with Crippen molar-refractivity contribution >= 4 is 16.8 Å². The van der Waals surface area contributed by atoms with E-state index in [1.54, 1.807) is 24.4 Å². The number of aliphatic hydroxyl groups excluding tert-OH is 2. The van der Waals surface area contributed by atoms with Crippen LogP contribution in [0.15, 0.2) is 24.4 Å². The Labute approximate surface area is 90.7 Å². The monoisotopic (exact) mass is 221 g/mol. The average molecular weight is 221 g/mol. The van der Waals surface area contributed by atoms with Gasteiger partial charge in [0.15, 0.2) is 6.10 Å². The highest BCUT2D eigenvalue weighted by molar-refractivity contribution is 5.84. The van der Waals surface area contributed by atoms with Crippen molar-refractivity contribution in [1.82, 2.24) is 10.2 Å². The van der Waals surface area contributed by atoms with Gasteiger partial charge in [-0.2, -0.15) is 5.10 Å². The molecule has 2 aromatic rings. The van der Waals surface area contributed by atoms with Gasteiger partial charge in [0, 0.05) is 10.9 Å². The van der Waals surface area contributed by atoms with Crippen LogP contribution in [0, 0.1) is 0 Å². The maximum atomic E-state index is 10.8. The largest absolute Gasteiger partial charge is 0.385 e. The molecule has 6 heteroatoms. The number of hydrogen-bond acceptors (Lipinski definition) is 4. The molecular formula is C10H11N3O3. The number of nitrogens with one attached hydrogen (secondary N) is 1. The maximum Gasteiger partial charge on any atom is 0.249 e. The number of nitrogens with two attached hydrogens (primary N) is 1. The summed E-state index contributed by atoms with van der Waals surface area (Å²) in [6.07, 6.45) is -1.40. The molecule has 0 saturated heterocycles. The molecule has 5 N–H and O–H groups in total. The highest BCUT2D eigenvalue weighted by atomic mass is 16.3. The molecule has 0 spiro atoms. The zero-order valence-electron chi connectivity index (χ0n) is 8.29. The van der Waals surface area contributed by atoms with E-state index in [-0.39, 0.29) is 0 Å². The predicted molar refractivity (Wildman–Crippen MR) is 56.3 cm³/mol.